The largest absolute Gasteiger partial charge is 0.490 e. The number of hydrogen-bond acceptors (Lipinski definition) is 7. The van der Waals surface area contributed by atoms with Gasteiger partial charge in [0, 0.05) is 70.3 Å². The first-order valence-corrected chi connectivity index (χ1v) is 11.1. The van der Waals surface area contributed by atoms with Crippen LogP contribution >= 0.6 is 0 Å². The number of hydrogen-bond donors (Lipinski definition) is 2. The van der Waals surface area contributed by atoms with Gasteiger partial charge in [-0.3, -0.25) is 9.58 Å². The summed E-state index contributed by atoms with van der Waals surface area (Å²) in [6, 6.07) is 1.74. The molecule has 4 rings (SSSR count). The fourth-order valence-corrected chi connectivity index (χ4v) is 4.06. The zero-order chi connectivity index (χ0) is 29.6. The Morgan fingerprint density at radius 3 is 1.95 bits per heavy atom. The van der Waals surface area contributed by atoms with E-state index in [1.165, 1.54) is 0 Å². The van der Waals surface area contributed by atoms with Crippen LogP contribution in [-0.2, 0) is 23.2 Å². The molecule has 1 unspecified atom stereocenters. The van der Waals surface area contributed by atoms with Crippen molar-refractivity contribution in [3.05, 3.63) is 36.4 Å². The summed E-state index contributed by atoms with van der Waals surface area (Å²) >= 11 is 0. The van der Waals surface area contributed by atoms with Crippen LogP contribution in [0.4, 0.5) is 41.1 Å². The third kappa shape index (κ3) is 8.72. The number of aryl methyl sites for hydroxylation is 1. The second-order valence-electron chi connectivity index (χ2n) is 8.79. The van der Waals surface area contributed by atoms with Crippen molar-refractivity contribution in [1.29, 1.82) is 0 Å². The topological polar surface area (TPSA) is 125 Å². The number of carbonyl (C=O) groups is 2. The SMILES string of the molecule is Cn1cc(CN2CCC(F)(F)C3(CCN(c4ncccn4)C3)C2)cn1.O=C(O)C(F)(F)F.O=C(O)C(F)(F)F. The van der Waals surface area contributed by atoms with Crippen LogP contribution in [0.5, 0.6) is 0 Å². The maximum Gasteiger partial charge on any atom is 0.490 e. The minimum absolute atomic E-state index is 0.100. The summed E-state index contributed by atoms with van der Waals surface area (Å²) in [5, 5.41) is 18.4. The number of aliphatic carboxylic acids is 2. The van der Waals surface area contributed by atoms with Gasteiger partial charge < -0.3 is 15.1 Å². The Labute approximate surface area is 215 Å². The number of anilines is 1. The molecule has 2 N–H and O–H groups in total. The van der Waals surface area contributed by atoms with Crippen molar-refractivity contribution in [3.8, 4) is 0 Å². The molecule has 0 aliphatic carbocycles. The minimum Gasteiger partial charge on any atom is -0.475 e. The summed E-state index contributed by atoms with van der Waals surface area (Å²) in [5.41, 5.74) is 0.0243. The van der Waals surface area contributed by atoms with Crippen LogP contribution in [0.1, 0.15) is 18.4 Å². The molecule has 2 fully saturated rings. The molecule has 0 amide bonds. The lowest BCUT2D eigenvalue weighted by molar-refractivity contribution is -0.193. The monoisotopic (exact) mass is 576 g/mol. The number of alkyl halides is 8. The Bertz CT molecular complexity index is 1090. The molecular weight excluding hydrogens is 552 g/mol. The molecular formula is C21H24F8N6O4. The molecule has 2 aliphatic heterocycles. The van der Waals surface area contributed by atoms with E-state index in [0.29, 0.717) is 45.1 Å². The fraction of sp³-hybridized carbons (Fsp3) is 0.571. The number of halogens is 8. The number of rotatable bonds is 3. The van der Waals surface area contributed by atoms with E-state index in [9.17, 15) is 35.1 Å². The lowest BCUT2D eigenvalue weighted by atomic mass is 9.75. The van der Waals surface area contributed by atoms with Crippen molar-refractivity contribution >= 4 is 17.9 Å². The van der Waals surface area contributed by atoms with Crippen molar-refractivity contribution in [2.75, 3.05) is 31.1 Å². The highest BCUT2D eigenvalue weighted by atomic mass is 19.4. The van der Waals surface area contributed by atoms with Crippen LogP contribution < -0.4 is 4.90 Å². The predicted molar refractivity (Wildman–Crippen MR) is 117 cm³/mol. The Balaban J connectivity index is 0.000000317. The fourth-order valence-electron chi connectivity index (χ4n) is 4.06. The molecule has 2 aliphatic rings. The molecule has 4 heterocycles. The summed E-state index contributed by atoms with van der Waals surface area (Å²) in [6.45, 7) is 2.32. The van der Waals surface area contributed by atoms with Gasteiger partial charge in [-0.1, -0.05) is 0 Å². The van der Waals surface area contributed by atoms with Gasteiger partial charge in [0.25, 0.3) is 5.92 Å². The second kappa shape index (κ2) is 12.1. The quantitative estimate of drug-likeness (QED) is 0.530. The summed E-state index contributed by atoms with van der Waals surface area (Å²) in [7, 11) is 1.87. The first kappa shape index (κ1) is 31.6. The van der Waals surface area contributed by atoms with Gasteiger partial charge in [0.1, 0.15) is 0 Å². The number of carboxylic acids is 2. The molecule has 0 bridgehead atoms. The second-order valence-corrected chi connectivity index (χ2v) is 8.79. The maximum absolute atomic E-state index is 14.9. The number of likely N-dealkylation sites (tertiary alicyclic amines) is 1. The van der Waals surface area contributed by atoms with Gasteiger partial charge in [-0.25, -0.2) is 28.3 Å². The Morgan fingerprint density at radius 2 is 1.49 bits per heavy atom. The van der Waals surface area contributed by atoms with E-state index in [4.69, 9.17) is 19.8 Å². The number of aromatic nitrogens is 4. The Hall–Kier alpha value is -3.57. The van der Waals surface area contributed by atoms with Crippen LogP contribution in [0.25, 0.3) is 0 Å². The van der Waals surface area contributed by atoms with Crippen LogP contribution in [-0.4, -0.2) is 91.3 Å². The van der Waals surface area contributed by atoms with Crippen LogP contribution in [0, 0.1) is 5.41 Å². The van der Waals surface area contributed by atoms with E-state index in [1.807, 2.05) is 18.1 Å². The minimum atomic E-state index is -5.08. The highest BCUT2D eigenvalue weighted by Gasteiger charge is 2.59. The van der Waals surface area contributed by atoms with E-state index in [0.717, 1.165) is 5.56 Å². The summed E-state index contributed by atoms with van der Waals surface area (Å²) < 4.78 is 94.9. The van der Waals surface area contributed by atoms with Gasteiger partial charge in [0.05, 0.1) is 11.6 Å². The molecule has 0 saturated carbocycles. The average Bonchev–Trinajstić information content (AvgIpc) is 3.44. The van der Waals surface area contributed by atoms with Gasteiger partial charge in [0.15, 0.2) is 0 Å². The van der Waals surface area contributed by atoms with E-state index >= 15 is 0 Å². The highest BCUT2D eigenvalue weighted by Crippen LogP contribution is 2.50. The normalized spacial score (nSPS) is 21.0. The molecule has 1 spiro atoms. The van der Waals surface area contributed by atoms with E-state index in [-0.39, 0.29) is 6.42 Å². The number of nitrogens with zero attached hydrogens (tertiary/aromatic N) is 6. The smallest absolute Gasteiger partial charge is 0.475 e. The molecule has 10 nitrogen and oxygen atoms in total. The highest BCUT2D eigenvalue weighted by molar-refractivity contribution is 5.73. The summed E-state index contributed by atoms with van der Waals surface area (Å²) in [4.78, 5) is 30.3. The summed E-state index contributed by atoms with van der Waals surface area (Å²) in [5.74, 6) is -7.64. The zero-order valence-electron chi connectivity index (χ0n) is 20.3. The van der Waals surface area contributed by atoms with Crippen molar-refractivity contribution < 1.29 is 54.9 Å². The van der Waals surface area contributed by atoms with Crippen molar-refractivity contribution in [2.45, 2.75) is 37.7 Å². The molecule has 39 heavy (non-hydrogen) atoms. The van der Waals surface area contributed by atoms with Crippen molar-refractivity contribution in [2.24, 2.45) is 12.5 Å². The van der Waals surface area contributed by atoms with Crippen molar-refractivity contribution in [1.82, 2.24) is 24.6 Å². The van der Waals surface area contributed by atoms with E-state index in [1.54, 1.807) is 29.3 Å². The molecule has 2 saturated heterocycles. The molecule has 18 heteroatoms. The predicted octanol–water partition coefficient (Wildman–Crippen LogP) is 3.21. The zero-order valence-corrected chi connectivity index (χ0v) is 20.3. The number of carboxylic acid groups (broad SMARTS) is 2. The molecule has 0 radical (unpaired) electrons. The van der Waals surface area contributed by atoms with Crippen LogP contribution in [0.2, 0.25) is 0 Å². The van der Waals surface area contributed by atoms with Gasteiger partial charge in [-0.05, 0) is 12.5 Å². The molecule has 1 atom stereocenters. The first-order valence-electron chi connectivity index (χ1n) is 11.1. The molecule has 0 aromatic carbocycles. The molecule has 2 aromatic heterocycles. The van der Waals surface area contributed by atoms with Crippen molar-refractivity contribution in [3.63, 3.8) is 0 Å². The van der Waals surface area contributed by atoms with Gasteiger partial charge in [-0.2, -0.15) is 31.4 Å². The summed E-state index contributed by atoms with van der Waals surface area (Å²) in [6.07, 6.45) is -2.75. The van der Waals surface area contributed by atoms with E-state index < -0.39 is 35.6 Å². The maximum atomic E-state index is 14.9. The lowest BCUT2D eigenvalue weighted by Gasteiger charge is -2.45. The third-order valence-corrected chi connectivity index (χ3v) is 5.88. The first-order chi connectivity index (χ1) is 17.9. The van der Waals surface area contributed by atoms with Gasteiger partial charge in [0.2, 0.25) is 5.95 Å². The van der Waals surface area contributed by atoms with Crippen LogP contribution in [0.15, 0.2) is 30.9 Å². The average molecular weight is 576 g/mol. The van der Waals surface area contributed by atoms with E-state index in [2.05, 4.69) is 20.0 Å². The van der Waals surface area contributed by atoms with Gasteiger partial charge >= 0.3 is 24.3 Å². The molecule has 218 valence electrons. The van der Waals surface area contributed by atoms with Crippen LogP contribution in [0.3, 0.4) is 0 Å². The standard InChI is InChI=1S/C17H22F2N6.2C2HF3O2/c1-23-10-14(9-22-23)11-24-7-4-17(18,19)16(12-24)3-8-25(13-16)15-20-5-2-6-21-15;2*3-2(4,5)1(6)7/h2,5-6,9-10H,3-4,7-8,11-13H2,1H3;2*(H,6,7). The molecule has 2 aromatic rings. The van der Waals surface area contributed by atoms with Gasteiger partial charge in [-0.15, -0.1) is 0 Å². The number of piperidine rings is 1. The lowest BCUT2D eigenvalue weighted by Crippen LogP contribution is -2.56. The Morgan fingerprint density at radius 1 is 0.949 bits per heavy atom. The Kier molecular flexibility index (Phi) is 9.81. The third-order valence-electron chi connectivity index (χ3n) is 5.88.